The minimum Gasteiger partial charge on any atom is -0.388 e. The van der Waals surface area contributed by atoms with E-state index in [0.717, 1.165) is 17.7 Å². The molecule has 0 aliphatic carbocycles. The maximum Gasteiger partial charge on any atom is 0.254 e. The first-order valence-corrected chi connectivity index (χ1v) is 6.54. The number of amides is 1. The normalized spacial score (nSPS) is 12.0. The topological polar surface area (TPSA) is 49.3 Å². The van der Waals surface area contributed by atoms with E-state index in [0.29, 0.717) is 12.5 Å². The third-order valence-electron chi connectivity index (χ3n) is 3.06. The van der Waals surface area contributed by atoms with Gasteiger partial charge >= 0.3 is 0 Å². The van der Waals surface area contributed by atoms with Crippen LogP contribution in [0.4, 0.5) is 8.78 Å². The molecule has 0 aliphatic heterocycles. The second-order valence-corrected chi connectivity index (χ2v) is 4.60. The van der Waals surface area contributed by atoms with Gasteiger partial charge in [-0.15, -0.1) is 0 Å². The van der Waals surface area contributed by atoms with E-state index in [1.807, 2.05) is 18.2 Å². The first-order chi connectivity index (χ1) is 10.1. The van der Waals surface area contributed by atoms with Gasteiger partial charge in [0.2, 0.25) is 0 Å². The molecule has 0 saturated heterocycles. The van der Waals surface area contributed by atoms with Gasteiger partial charge in [-0.1, -0.05) is 30.3 Å². The molecular weight excluding hydrogens is 276 g/mol. The van der Waals surface area contributed by atoms with Crippen LogP contribution in [-0.2, 0) is 0 Å². The first-order valence-electron chi connectivity index (χ1n) is 6.54. The van der Waals surface area contributed by atoms with Crippen molar-refractivity contribution in [3.05, 3.63) is 71.3 Å². The second-order valence-electron chi connectivity index (χ2n) is 4.60. The molecule has 5 heteroatoms. The van der Waals surface area contributed by atoms with E-state index < -0.39 is 23.6 Å². The van der Waals surface area contributed by atoms with Crippen molar-refractivity contribution in [3.63, 3.8) is 0 Å². The highest BCUT2D eigenvalue weighted by Gasteiger charge is 2.13. The summed E-state index contributed by atoms with van der Waals surface area (Å²) in [6.45, 7) is 0.186. The molecule has 0 spiro atoms. The fourth-order valence-corrected chi connectivity index (χ4v) is 1.93. The van der Waals surface area contributed by atoms with E-state index in [1.165, 1.54) is 0 Å². The number of carbonyl (C=O) groups is 1. The number of halogens is 2. The number of hydrogen-bond acceptors (Lipinski definition) is 2. The number of aliphatic hydroxyl groups is 1. The fourth-order valence-electron chi connectivity index (χ4n) is 1.93. The summed E-state index contributed by atoms with van der Waals surface area (Å²) >= 11 is 0. The molecule has 0 aliphatic rings. The predicted octanol–water partition coefficient (Wildman–Crippen LogP) is 2.82. The largest absolute Gasteiger partial charge is 0.388 e. The number of benzene rings is 2. The molecule has 2 rings (SSSR count). The lowest BCUT2D eigenvalue weighted by Gasteiger charge is -2.11. The van der Waals surface area contributed by atoms with Gasteiger partial charge in [-0.25, -0.2) is 8.78 Å². The Kier molecular flexibility index (Phi) is 5.00. The quantitative estimate of drug-likeness (QED) is 0.890. The van der Waals surface area contributed by atoms with Crippen molar-refractivity contribution in [2.75, 3.05) is 6.54 Å². The van der Waals surface area contributed by atoms with Crippen LogP contribution in [0.25, 0.3) is 0 Å². The van der Waals surface area contributed by atoms with Crippen molar-refractivity contribution in [1.29, 1.82) is 0 Å². The van der Waals surface area contributed by atoms with E-state index in [9.17, 15) is 18.7 Å². The zero-order valence-corrected chi connectivity index (χ0v) is 11.2. The summed E-state index contributed by atoms with van der Waals surface area (Å²) in [7, 11) is 0. The molecule has 0 saturated carbocycles. The summed E-state index contributed by atoms with van der Waals surface area (Å²) < 4.78 is 26.2. The SMILES string of the molecule is O=C(NCC[C@H](O)c1ccccc1)c1ccc(F)cc1F. The molecule has 0 heterocycles. The standard InChI is InChI=1S/C16H15F2NO2/c17-12-6-7-13(14(18)10-12)16(21)19-9-8-15(20)11-4-2-1-3-5-11/h1-7,10,15,20H,8-9H2,(H,19,21)/t15-/m0/s1. The molecule has 2 N–H and O–H groups in total. The minimum atomic E-state index is -0.906. The van der Waals surface area contributed by atoms with Crippen molar-refractivity contribution in [2.45, 2.75) is 12.5 Å². The molecule has 3 nitrogen and oxygen atoms in total. The van der Waals surface area contributed by atoms with Crippen LogP contribution in [0.15, 0.2) is 48.5 Å². The zero-order valence-electron chi connectivity index (χ0n) is 11.2. The number of hydrogen-bond donors (Lipinski definition) is 2. The maximum atomic E-state index is 13.4. The van der Waals surface area contributed by atoms with Crippen LogP contribution in [0, 0.1) is 11.6 Å². The van der Waals surface area contributed by atoms with Gasteiger partial charge in [-0.2, -0.15) is 0 Å². The number of rotatable bonds is 5. The summed E-state index contributed by atoms with van der Waals surface area (Å²) in [5.74, 6) is -2.27. The second kappa shape index (κ2) is 6.95. The summed E-state index contributed by atoms with van der Waals surface area (Å²) in [4.78, 5) is 11.7. The summed E-state index contributed by atoms with van der Waals surface area (Å²) in [5, 5.41) is 12.4. The summed E-state index contributed by atoms with van der Waals surface area (Å²) in [6, 6.07) is 11.8. The van der Waals surface area contributed by atoms with Crippen LogP contribution >= 0.6 is 0 Å². The first kappa shape index (κ1) is 15.1. The van der Waals surface area contributed by atoms with Gasteiger partial charge in [0.25, 0.3) is 5.91 Å². The Morgan fingerprint density at radius 2 is 1.86 bits per heavy atom. The molecule has 1 atom stereocenters. The van der Waals surface area contributed by atoms with Gasteiger partial charge in [0.05, 0.1) is 11.7 Å². The van der Waals surface area contributed by atoms with Crippen LogP contribution < -0.4 is 5.32 Å². The molecule has 2 aromatic rings. The average molecular weight is 291 g/mol. The van der Waals surface area contributed by atoms with Crippen molar-refractivity contribution >= 4 is 5.91 Å². The molecule has 0 aromatic heterocycles. The molecule has 0 radical (unpaired) electrons. The van der Waals surface area contributed by atoms with Crippen molar-refractivity contribution in [2.24, 2.45) is 0 Å². The Labute approximate surface area is 121 Å². The average Bonchev–Trinajstić information content (AvgIpc) is 2.47. The van der Waals surface area contributed by atoms with Crippen LogP contribution in [0.2, 0.25) is 0 Å². The van der Waals surface area contributed by atoms with Gasteiger partial charge in [-0.3, -0.25) is 4.79 Å². The van der Waals surface area contributed by atoms with Gasteiger partial charge in [0.1, 0.15) is 11.6 Å². The van der Waals surface area contributed by atoms with Crippen LogP contribution in [-0.4, -0.2) is 17.6 Å². The Bertz CT molecular complexity index is 617. The number of carbonyl (C=O) groups excluding carboxylic acids is 1. The molecule has 2 aromatic carbocycles. The Balaban J connectivity index is 1.87. The van der Waals surface area contributed by atoms with E-state index in [-0.39, 0.29) is 12.1 Å². The van der Waals surface area contributed by atoms with E-state index in [2.05, 4.69) is 5.32 Å². The number of aliphatic hydroxyl groups excluding tert-OH is 1. The third-order valence-corrected chi connectivity index (χ3v) is 3.06. The van der Waals surface area contributed by atoms with Crippen molar-refractivity contribution in [3.8, 4) is 0 Å². The molecule has 21 heavy (non-hydrogen) atoms. The van der Waals surface area contributed by atoms with Gasteiger partial charge in [0.15, 0.2) is 0 Å². The molecule has 0 bridgehead atoms. The van der Waals surface area contributed by atoms with Crippen LogP contribution in [0.5, 0.6) is 0 Å². The molecule has 0 unspecified atom stereocenters. The zero-order chi connectivity index (χ0) is 15.2. The predicted molar refractivity (Wildman–Crippen MR) is 74.7 cm³/mol. The lowest BCUT2D eigenvalue weighted by molar-refractivity contribution is 0.0938. The van der Waals surface area contributed by atoms with E-state index >= 15 is 0 Å². The van der Waals surface area contributed by atoms with Crippen molar-refractivity contribution < 1.29 is 18.7 Å². The summed E-state index contributed by atoms with van der Waals surface area (Å²) in [6.07, 6.45) is -0.400. The monoisotopic (exact) mass is 291 g/mol. The molecule has 110 valence electrons. The third kappa shape index (κ3) is 4.10. The van der Waals surface area contributed by atoms with Crippen LogP contribution in [0.3, 0.4) is 0 Å². The highest BCUT2D eigenvalue weighted by molar-refractivity contribution is 5.94. The van der Waals surface area contributed by atoms with Crippen molar-refractivity contribution in [1.82, 2.24) is 5.32 Å². The fraction of sp³-hybridized carbons (Fsp3) is 0.188. The smallest absolute Gasteiger partial charge is 0.254 e. The molecular formula is C16H15F2NO2. The Morgan fingerprint density at radius 3 is 2.52 bits per heavy atom. The van der Waals surface area contributed by atoms with Crippen LogP contribution in [0.1, 0.15) is 28.4 Å². The molecule has 0 fully saturated rings. The maximum absolute atomic E-state index is 13.4. The lowest BCUT2D eigenvalue weighted by atomic mass is 10.1. The van der Waals surface area contributed by atoms with Gasteiger partial charge < -0.3 is 10.4 Å². The van der Waals surface area contributed by atoms with E-state index in [1.54, 1.807) is 12.1 Å². The highest BCUT2D eigenvalue weighted by atomic mass is 19.1. The summed E-state index contributed by atoms with van der Waals surface area (Å²) in [5.41, 5.74) is 0.533. The van der Waals surface area contributed by atoms with Gasteiger partial charge in [0, 0.05) is 12.6 Å². The number of nitrogens with one attached hydrogen (secondary N) is 1. The Hall–Kier alpha value is -2.27. The lowest BCUT2D eigenvalue weighted by Crippen LogP contribution is -2.26. The molecule has 1 amide bonds. The highest BCUT2D eigenvalue weighted by Crippen LogP contribution is 2.15. The van der Waals surface area contributed by atoms with E-state index in [4.69, 9.17) is 0 Å². The van der Waals surface area contributed by atoms with Gasteiger partial charge in [-0.05, 0) is 24.1 Å². The Morgan fingerprint density at radius 1 is 1.14 bits per heavy atom. The minimum absolute atomic E-state index is 0.186.